The summed E-state index contributed by atoms with van der Waals surface area (Å²) in [5.41, 5.74) is 0.651. The van der Waals surface area contributed by atoms with Gasteiger partial charge in [-0.05, 0) is 46.8 Å². The zero-order valence-electron chi connectivity index (χ0n) is 10.0. The average molecular weight is 344 g/mol. The molecular formula is C13H12BrClN2O2. The number of piperazine rings is 1. The van der Waals surface area contributed by atoms with E-state index in [2.05, 4.69) is 21.2 Å². The normalized spacial score (nSPS) is 23.5. The Labute approximate surface area is 124 Å². The number of nitrogens with zero attached hydrogens (tertiary/aromatic N) is 1. The summed E-state index contributed by atoms with van der Waals surface area (Å²) < 4.78 is 0.647. The van der Waals surface area contributed by atoms with E-state index in [0.717, 1.165) is 12.8 Å². The fraction of sp³-hybridized carbons (Fsp3) is 0.385. The summed E-state index contributed by atoms with van der Waals surface area (Å²) in [4.78, 5) is 25.8. The fourth-order valence-corrected chi connectivity index (χ4v) is 2.97. The Morgan fingerprint density at radius 2 is 2.05 bits per heavy atom. The highest BCUT2D eigenvalue weighted by Crippen LogP contribution is 2.38. The van der Waals surface area contributed by atoms with Gasteiger partial charge in [-0.15, -0.1) is 0 Å². The minimum absolute atomic E-state index is 0.0427. The van der Waals surface area contributed by atoms with Crippen LogP contribution in [0.15, 0.2) is 22.7 Å². The van der Waals surface area contributed by atoms with Crippen molar-refractivity contribution in [1.29, 1.82) is 0 Å². The molecule has 1 atom stereocenters. The molecule has 0 aromatic heterocycles. The molecule has 1 heterocycles. The minimum atomic E-state index is -0.382. The van der Waals surface area contributed by atoms with Crippen molar-refractivity contribution < 1.29 is 9.59 Å². The third-order valence-corrected chi connectivity index (χ3v) is 4.84. The van der Waals surface area contributed by atoms with Gasteiger partial charge in [-0.3, -0.25) is 9.59 Å². The van der Waals surface area contributed by atoms with Crippen molar-refractivity contribution in [3.63, 3.8) is 0 Å². The van der Waals surface area contributed by atoms with Gasteiger partial charge in [-0.2, -0.15) is 0 Å². The van der Waals surface area contributed by atoms with Crippen molar-refractivity contribution in [1.82, 2.24) is 5.32 Å². The Bertz CT molecular complexity index is 560. The predicted octanol–water partition coefficient (Wildman–Crippen LogP) is 2.34. The quantitative estimate of drug-likeness (QED) is 0.896. The van der Waals surface area contributed by atoms with E-state index >= 15 is 0 Å². The average Bonchev–Trinajstić information content (AvgIpc) is 3.20. The lowest BCUT2D eigenvalue weighted by Crippen LogP contribution is -2.59. The van der Waals surface area contributed by atoms with Gasteiger partial charge in [0.05, 0.1) is 15.2 Å². The molecule has 1 saturated carbocycles. The predicted molar refractivity (Wildman–Crippen MR) is 76.2 cm³/mol. The first-order valence-corrected chi connectivity index (χ1v) is 7.30. The van der Waals surface area contributed by atoms with Gasteiger partial charge in [0.25, 0.3) is 0 Å². The molecule has 1 aromatic rings. The number of carbonyl (C=O) groups excluding carboxylic acids is 2. The Kier molecular flexibility index (Phi) is 3.27. The van der Waals surface area contributed by atoms with Gasteiger partial charge in [0.2, 0.25) is 11.8 Å². The summed E-state index contributed by atoms with van der Waals surface area (Å²) in [6.07, 6.45) is 2.00. The van der Waals surface area contributed by atoms with Crippen LogP contribution in [-0.4, -0.2) is 24.4 Å². The lowest BCUT2D eigenvalue weighted by molar-refractivity contribution is -0.131. The first-order chi connectivity index (χ1) is 9.08. The summed E-state index contributed by atoms with van der Waals surface area (Å²) >= 11 is 9.42. The first kappa shape index (κ1) is 12.9. The van der Waals surface area contributed by atoms with Crippen molar-refractivity contribution in [3.8, 4) is 0 Å². The van der Waals surface area contributed by atoms with Gasteiger partial charge < -0.3 is 10.2 Å². The molecule has 0 spiro atoms. The largest absolute Gasteiger partial charge is 0.342 e. The maximum Gasteiger partial charge on any atom is 0.250 e. The number of carbonyl (C=O) groups is 2. The smallest absolute Gasteiger partial charge is 0.250 e. The summed E-state index contributed by atoms with van der Waals surface area (Å²) in [5, 5.41) is 3.31. The molecule has 1 aliphatic carbocycles. The number of benzene rings is 1. The van der Waals surface area contributed by atoms with Crippen LogP contribution < -0.4 is 10.2 Å². The summed E-state index contributed by atoms with van der Waals surface area (Å²) in [6.45, 7) is 0.0427. The molecule has 1 aliphatic heterocycles. The van der Waals surface area contributed by atoms with Gasteiger partial charge in [0.15, 0.2) is 0 Å². The van der Waals surface area contributed by atoms with E-state index in [9.17, 15) is 9.59 Å². The highest BCUT2D eigenvalue weighted by Gasteiger charge is 2.43. The maximum absolute atomic E-state index is 12.5. The van der Waals surface area contributed by atoms with Crippen LogP contribution in [-0.2, 0) is 9.59 Å². The zero-order chi connectivity index (χ0) is 13.6. The highest BCUT2D eigenvalue weighted by molar-refractivity contribution is 9.10. The van der Waals surface area contributed by atoms with Crippen LogP contribution in [0.3, 0.4) is 0 Å². The van der Waals surface area contributed by atoms with Crippen LogP contribution >= 0.6 is 27.5 Å². The number of nitrogens with one attached hydrogen (secondary N) is 1. The van der Waals surface area contributed by atoms with E-state index in [1.807, 2.05) is 0 Å². The number of rotatable bonds is 2. The van der Waals surface area contributed by atoms with Crippen LogP contribution in [0.4, 0.5) is 5.69 Å². The summed E-state index contributed by atoms with van der Waals surface area (Å²) in [6, 6.07) is 4.92. The molecule has 0 bridgehead atoms. The Hall–Kier alpha value is -1.07. The molecule has 2 aliphatic rings. The van der Waals surface area contributed by atoms with Crippen LogP contribution in [0.5, 0.6) is 0 Å². The number of amides is 2. The third kappa shape index (κ3) is 2.37. The number of hydrogen-bond acceptors (Lipinski definition) is 2. The Morgan fingerprint density at radius 3 is 2.74 bits per heavy atom. The van der Waals surface area contributed by atoms with Gasteiger partial charge >= 0.3 is 0 Å². The number of anilines is 1. The molecule has 100 valence electrons. The molecule has 0 radical (unpaired) electrons. The molecule has 2 amide bonds. The van der Waals surface area contributed by atoms with Gasteiger partial charge in [-0.25, -0.2) is 0 Å². The van der Waals surface area contributed by atoms with Crippen LogP contribution in [0.1, 0.15) is 12.8 Å². The van der Waals surface area contributed by atoms with Crippen LogP contribution in [0.25, 0.3) is 0 Å². The molecule has 6 heteroatoms. The van der Waals surface area contributed by atoms with Crippen molar-refractivity contribution in [2.45, 2.75) is 18.9 Å². The lowest BCUT2D eigenvalue weighted by Gasteiger charge is -2.33. The van der Waals surface area contributed by atoms with Crippen molar-refractivity contribution in [3.05, 3.63) is 27.7 Å². The van der Waals surface area contributed by atoms with Gasteiger partial charge in [0, 0.05) is 0 Å². The van der Waals surface area contributed by atoms with E-state index in [0.29, 0.717) is 15.2 Å². The van der Waals surface area contributed by atoms with Crippen molar-refractivity contribution in [2.75, 3.05) is 11.4 Å². The molecule has 1 aromatic carbocycles. The molecule has 4 nitrogen and oxygen atoms in total. The minimum Gasteiger partial charge on any atom is -0.342 e. The molecule has 19 heavy (non-hydrogen) atoms. The SMILES string of the molecule is O=C1CN(c2cccc(Cl)c2Br)C(=O)C(C2CC2)N1. The van der Waals surface area contributed by atoms with Gasteiger partial charge in [0.1, 0.15) is 12.6 Å². The fourth-order valence-electron chi connectivity index (χ4n) is 2.32. The van der Waals surface area contributed by atoms with Crippen LogP contribution in [0, 0.1) is 5.92 Å². The Balaban J connectivity index is 1.96. The van der Waals surface area contributed by atoms with E-state index in [4.69, 9.17) is 11.6 Å². The van der Waals surface area contributed by atoms with E-state index in [1.165, 1.54) is 4.90 Å². The van der Waals surface area contributed by atoms with E-state index in [1.54, 1.807) is 18.2 Å². The lowest BCUT2D eigenvalue weighted by atomic mass is 10.1. The summed E-state index contributed by atoms with van der Waals surface area (Å²) in [7, 11) is 0. The maximum atomic E-state index is 12.5. The Morgan fingerprint density at radius 1 is 1.32 bits per heavy atom. The molecule has 3 rings (SSSR count). The summed E-state index contributed by atoms with van der Waals surface area (Å²) in [5.74, 6) is 0.116. The second kappa shape index (κ2) is 4.80. The second-order valence-electron chi connectivity index (χ2n) is 4.88. The molecule has 1 N–H and O–H groups in total. The first-order valence-electron chi connectivity index (χ1n) is 6.12. The highest BCUT2D eigenvalue weighted by atomic mass is 79.9. The standard InChI is InChI=1S/C13H12BrClN2O2/c14-11-8(15)2-1-3-9(11)17-6-10(18)16-12(13(17)19)7-4-5-7/h1-3,7,12H,4-6H2,(H,16,18). The van der Waals surface area contributed by atoms with Crippen molar-refractivity contribution >= 4 is 45.0 Å². The number of hydrogen-bond donors (Lipinski definition) is 1. The van der Waals surface area contributed by atoms with Crippen molar-refractivity contribution in [2.24, 2.45) is 5.92 Å². The molecule has 1 unspecified atom stereocenters. The second-order valence-corrected chi connectivity index (χ2v) is 6.08. The van der Waals surface area contributed by atoms with Gasteiger partial charge in [-0.1, -0.05) is 17.7 Å². The topological polar surface area (TPSA) is 49.4 Å². The van der Waals surface area contributed by atoms with E-state index < -0.39 is 0 Å². The van der Waals surface area contributed by atoms with E-state index in [-0.39, 0.29) is 30.3 Å². The monoisotopic (exact) mass is 342 g/mol. The van der Waals surface area contributed by atoms with Crippen LogP contribution in [0.2, 0.25) is 5.02 Å². The molecule has 2 fully saturated rings. The molecule has 1 saturated heterocycles. The number of halogens is 2. The third-order valence-electron chi connectivity index (χ3n) is 3.47. The molecular weight excluding hydrogens is 332 g/mol. The zero-order valence-corrected chi connectivity index (χ0v) is 12.4.